The third-order valence-corrected chi connectivity index (χ3v) is 3.90. The molecule has 1 aromatic carbocycles. The Labute approximate surface area is 113 Å². The number of hydrogen-bond donors (Lipinski definition) is 2. The first-order valence-electron chi connectivity index (χ1n) is 6.79. The first-order chi connectivity index (χ1) is 9.31. The summed E-state index contributed by atoms with van der Waals surface area (Å²) in [5.74, 6) is 1.49. The highest BCUT2D eigenvalue weighted by Crippen LogP contribution is 2.39. The summed E-state index contributed by atoms with van der Waals surface area (Å²) in [5.41, 5.74) is 10.9. The third-order valence-electron chi connectivity index (χ3n) is 3.90. The van der Waals surface area contributed by atoms with Gasteiger partial charge >= 0.3 is 0 Å². The van der Waals surface area contributed by atoms with E-state index in [0.29, 0.717) is 5.82 Å². The molecule has 4 nitrogen and oxygen atoms in total. The molecule has 0 spiro atoms. The zero-order valence-corrected chi connectivity index (χ0v) is 11.2. The lowest BCUT2D eigenvalue weighted by atomic mass is 9.92. The number of hydrogen-bond acceptors (Lipinski definition) is 3. The molecule has 0 bridgehead atoms. The van der Waals surface area contributed by atoms with Crippen LogP contribution in [0.25, 0.3) is 11.1 Å². The van der Waals surface area contributed by atoms with Crippen LogP contribution in [0.5, 0.6) is 5.75 Å². The molecule has 0 atom stereocenters. The predicted molar refractivity (Wildman–Crippen MR) is 76.2 cm³/mol. The highest BCUT2D eigenvalue weighted by Gasteiger charge is 2.19. The molecular formula is C15H19N3O. The molecule has 3 N–H and O–H groups in total. The maximum atomic E-state index is 5.99. The second-order valence-electron chi connectivity index (χ2n) is 5.04. The number of aryl methyl sites for hydroxylation is 1. The summed E-state index contributed by atoms with van der Waals surface area (Å²) in [6.45, 7) is 0. The summed E-state index contributed by atoms with van der Waals surface area (Å²) in [7, 11) is 1.71. The smallest absolute Gasteiger partial charge is 0.127 e. The summed E-state index contributed by atoms with van der Waals surface area (Å²) in [4.78, 5) is 0. The van der Waals surface area contributed by atoms with Gasteiger partial charge in [-0.3, -0.25) is 5.10 Å². The van der Waals surface area contributed by atoms with E-state index in [-0.39, 0.29) is 0 Å². The van der Waals surface area contributed by atoms with Crippen LogP contribution >= 0.6 is 0 Å². The number of benzene rings is 1. The van der Waals surface area contributed by atoms with E-state index < -0.39 is 0 Å². The van der Waals surface area contributed by atoms with Crippen LogP contribution in [-0.2, 0) is 12.8 Å². The Morgan fingerprint density at radius 1 is 1.21 bits per heavy atom. The van der Waals surface area contributed by atoms with E-state index >= 15 is 0 Å². The maximum Gasteiger partial charge on any atom is 0.127 e. The van der Waals surface area contributed by atoms with E-state index in [4.69, 9.17) is 10.5 Å². The number of nitrogens with one attached hydrogen (secondary N) is 1. The van der Waals surface area contributed by atoms with Gasteiger partial charge in [0.05, 0.1) is 13.3 Å². The average molecular weight is 257 g/mol. The van der Waals surface area contributed by atoms with E-state index in [1.54, 1.807) is 13.3 Å². The van der Waals surface area contributed by atoms with E-state index in [1.165, 1.54) is 30.4 Å². The van der Waals surface area contributed by atoms with E-state index in [9.17, 15) is 0 Å². The van der Waals surface area contributed by atoms with Gasteiger partial charge in [0.2, 0.25) is 0 Å². The molecule has 0 aliphatic heterocycles. The topological polar surface area (TPSA) is 63.9 Å². The number of aromatic nitrogens is 2. The van der Waals surface area contributed by atoms with Gasteiger partial charge in [0.25, 0.3) is 0 Å². The zero-order valence-electron chi connectivity index (χ0n) is 11.2. The van der Waals surface area contributed by atoms with Crippen molar-refractivity contribution in [2.24, 2.45) is 0 Å². The summed E-state index contributed by atoms with van der Waals surface area (Å²) < 4.78 is 5.53. The zero-order chi connectivity index (χ0) is 13.2. The van der Waals surface area contributed by atoms with Gasteiger partial charge in [0.1, 0.15) is 11.6 Å². The fourth-order valence-electron chi connectivity index (χ4n) is 2.94. The van der Waals surface area contributed by atoms with Gasteiger partial charge in [-0.15, -0.1) is 0 Å². The number of aromatic amines is 1. The molecule has 1 aliphatic rings. The Bertz CT molecular complexity index is 589. The summed E-state index contributed by atoms with van der Waals surface area (Å²) >= 11 is 0. The summed E-state index contributed by atoms with van der Waals surface area (Å²) in [6.07, 6.45) is 7.80. The second kappa shape index (κ2) is 4.96. The van der Waals surface area contributed by atoms with Crippen molar-refractivity contribution < 1.29 is 4.74 Å². The molecule has 0 unspecified atom stereocenters. The Morgan fingerprint density at radius 2 is 2.05 bits per heavy atom. The minimum absolute atomic E-state index is 0.607. The van der Waals surface area contributed by atoms with Crippen molar-refractivity contribution in [3.8, 4) is 16.9 Å². The average Bonchev–Trinajstić information content (AvgIpc) is 2.71. The quantitative estimate of drug-likeness (QED) is 0.813. The monoisotopic (exact) mass is 257 g/mol. The van der Waals surface area contributed by atoms with E-state index in [2.05, 4.69) is 16.3 Å². The number of nitrogen functional groups attached to an aromatic ring is 1. The molecule has 2 aromatic rings. The van der Waals surface area contributed by atoms with Crippen LogP contribution in [0.1, 0.15) is 30.4 Å². The molecule has 4 heteroatoms. The van der Waals surface area contributed by atoms with Crippen LogP contribution < -0.4 is 10.5 Å². The van der Waals surface area contributed by atoms with Crippen LogP contribution in [0, 0.1) is 0 Å². The SMILES string of the molecule is COc1ccc2c(c1-c1cn[nH]c1N)CCCCC2. The second-order valence-corrected chi connectivity index (χ2v) is 5.04. The van der Waals surface area contributed by atoms with Crippen molar-refractivity contribution in [1.29, 1.82) is 0 Å². The molecule has 3 rings (SSSR count). The minimum atomic E-state index is 0.607. The fourth-order valence-corrected chi connectivity index (χ4v) is 2.94. The molecule has 100 valence electrons. The van der Waals surface area contributed by atoms with Gasteiger partial charge in [-0.1, -0.05) is 12.5 Å². The number of methoxy groups -OCH3 is 1. The standard InChI is InChI=1S/C15H19N3O/c1-19-13-8-7-10-5-3-2-4-6-11(10)14(13)12-9-17-18-15(12)16/h7-9H,2-6H2,1H3,(H3,16,17,18). The van der Waals surface area contributed by atoms with Crippen LogP contribution in [0.2, 0.25) is 0 Å². The van der Waals surface area contributed by atoms with Gasteiger partial charge in [-0.25, -0.2) is 0 Å². The first-order valence-corrected chi connectivity index (χ1v) is 6.79. The molecule has 0 saturated heterocycles. The number of anilines is 1. The van der Waals surface area contributed by atoms with Crippen LogP contribution in [-0.4, -0.2) is 17.3 Å². The van der Waals surface area contributed by atoms with Gasteiger partial charge < -0.3 is 10.5 Å². The normalized spacial score (nSPS) is 14.8. The summed E-state index contributed by atoms with van der Waals surface area (Å²) in [5, 5.41) is 6.85. The molecule has 1 aromatic heterocycles. The van der Waals surface area contributed by atoms with Crippen molar-refractivity contribution in [3.05, 3.63) is 29.5 Å². The number of rotatable bonds is 2. The van der Waals surface area contributed by atoms with Crippen molar-refractivity contribution in [2.45, 2.75) is 32.1 Å². The fraction of sp³-hybridized carbons (Fsp3) is 0.400. The molecule has 19 heavy (non-hydrogen) atoms. The van der Waals surface area contributed by atoms with Crippen LogP contribution in [0.15, 0.2) is 18.3 Å². The number of nitrogens with zero attached hydrogens (tertiary/aromatic N) is 1. The van der Waals surface area contributed by atoms with Gasteiger partial charge in [0.15, 0.2) is 0 Å². The summed E-state index contributed by atoms with van der Waals surface area (Å²) in [6, 6.07) is 4.24. The number of ether oxygens (including phenoxy) is 1. The lowest BCUT2D eigenvalue weighted by molar-refractivity contribution is 0.416. The highest BCUT2D eigenvalue weighted by molar-refractivity contribution is 5.81. The van der Waals surface area contributed by atoms with E-state index in [0.717, 1.165) is 29.7 Å². The van der Waals surface area contributed by atoms with Crippen molar-refractivity contribution in [2.75, 3.05) is 12.8 Å². The van der Waals surface area contributed by atoms with Crippen LogP contribution in [0.3, 0.4) is 0 Å². The van der Waals surface area contributed by atoms with Gasteiger partial charge in [0, 0.05) is 11.1 Å². The molecule has 0 amide bonds. The third kappa shape index (κ3) is 2.07. The maximum absolute atomic E-state index is 5.99. The lowest BCUT2D eigenvalue weighted by Crippen LogP contribution is -2.00. The molecule has 0 radical (unpaired) electrons. The largest absolute Gasteiger partial charge is 0.496 e. The highest BCUT2D eigenvalue weighted by atomic mass is 16.5. The molecule has 0 fully saturated rings. The van der Waals surface area contributed by atoms with E-state index in [1.807, 2.05) is 6.07 Å². The van der Waals surface area contributed by atoms with Crippen molar-refractivity contribution >= 4 is 5.82 Å². The number of fused-ring (bicyclic) bond motifs is 1. The van der Waals surface area contributed by atoms with Gasteiger partial charge in [-0.05, 0) is 42.9 Å². The Balaban J connectivity index is 2.23. The first kappa shape index (κ1) is 12.1. The van der Waals surface area contributed by atoms with Crippen LogP contribution in [0.4, 0.5) is 5.82 Å². The van der Waals surface area contributed by atoms with Gasteiger partial charge in [-0.2, -0.15) is 5.10 Å². The molecule has 1 aliphatic carbocycles. The molecular weight excluding hydrogens is 238 g/mol. The molecule has 1 heterocycles. The lowest BCUT2D eigenvalue weighted by Gasteiger charge is -2.16. The Morgan fingerprint density at radius 3 is 2.79 bits per heavy atom. The van der Waals surface area contributed by atoms with Crippen molar-refractivity contribution in [3.63, 3.8) is 0 Å². The Kier molecular flexibility index (Phi) is 3.15. The molecule has 0 saturated carbocycles. The number of nitrogens with two attached hydrogens (primary N) is 1. The van der Waals surface area contributed by atoms with Crippen molar-refractivity contribution in [1.82, 2.24) is 10.2 Å². The predicted octanol–water partition coefficient (Wildman–Crippen LogP) is 2.94. The number of H-pyrrole nitrogens is 1. The minimum Gasteiger partial charge on any atom is -0.496 e. The Hall–Kier alpha value is -1.97.